The van der Waals surface area contributed by atoms with Gasteiger partial charge >= 0.3 is 0 Å². The van der Waals surface area contributed by atoms with E-state index in [1.807, 2.05) is 0 Å². The van der Waals surface area contributed by atoms with E-state index in [1.165, 1.54) is 20.3 Å². The monoisotopic (exact) mass is 351 g/mol. The lowest BCUT2D eigenvalue weighted by Gasteiger charge is -2.10. The number of carbonyl (C=O) groups is 1. The normalized spacial score (nSPS) is 10.2. The largest absolute Gasteiger partial charge is 0.493 e. The van der Waals surface area contributed by atoms with Gasteiger partial charge < -0.3 is 19.5 Å². The number of carbonyl (C=O) groups excluding carboxylic acids is 1. The summed E-state index contributed by atoms with van der Waals surface area (Å²) in [5.74, 6) is -0.597. The third-order valence-corrected chi connectivity index (χ3v) is 3.39. The lowest BCUT2D eigenvalue weighted by Crippen LogP contribution is -2.29. The van der Waals surface area contributed by atoms with Gasteiger partial charge in [0.05, 0.1) is 27.2 Å². The number of ether oxygens (including phenoxy) is 3. The van der Waals surface area contributed by atoms with Crippen molar-refractivity contribution in [2.45, 2.75) is 6.42 Å². The third-order valence-electron chi connectivity index (χ3n) is 3.39. The second kappa shape index (κ2) is 8.86. The Hall–Kier alpha value is -2.83. The Kier molecular flexibility index (Phi) is 6.56. The minimum Gasteiger partial charge on any atom is -0.493 e. The quantitative estimate of drug-likeness (QED) is 0.743. The summed E-state index contributed by atoms with van der Waals surface area (Å²) in [5, 5.41) is 2.67. The number of nitrogens with one attached hydrogen (secondary N) is 1. The van der Waals surface area contributed by atoms with E-state index in [9.17, 15) is 13.6 Å². The zero-order valence-corrected chi connectivity index (χ0v) is 14.0. The van der Waals surface area contributed by atoms with E-state index in [-0.39, 0.29) is 31.2 Å². The predicted molar refractivity (Wildman–Crippen MR) is 88.1 cm³/mol. The molecule has 0 spiro atoms. The van der Waals surface area contributed by atoms with Crippen molar-refractivity contribution in [3.63, 3.8) is 0 Å². The van der Waals surface area contributed by atoms with Crippen LogP contribution in [0.5, 0.6) is 17.2 Å². The maximum Gasteiger partial charge on any atom is 0.224 e. The van der Waals surface area contributed by atoms with Gasteiger partial charge in [0, 0.05) is 6.07 Å². The molecule has 134 valence electrons. The van der Waals surface area contributed by atoms with Crippen molar-refractivity contribution < 1.29 is 27.8 Å². The van der Waals surface area contributed by atoms with Crippen molar-refractivity contribution in [2.75, 3.05) is 27.4 Å². The molecule has 0 radical (unpaired) electrons. The summed E-state index contributed by atoms with van der Waals surface area (Å²) in [5.41, 5.74) is 0.764. The second-order valence-electron chi connectivity index (χ2n) is 5.14. The summed E-state index contributed by atoms with van der Waals surface area (Å²) in [7, 11) is 3.06. The maximum atomic E-state index is 13.4. The lowest BCUT2D eigenvalue weighted by molar-refractivity contribution is -0.120. The molecule has 0 atom stereocenters. The first-order chi connectivity index (χ1) is 12.0. The Bertz CT molecular complexity index is 737. The molecule has 0 aliphatic carbocycles. The summed E-state index contributed by atoms with van der Waals surface area (Å²) in [6.45, 7) is 0.267. The molecule has 0 aliphatic heterocycles. The Labute approximate surface area is 144 Å². The molecule has 5 nitrogen and oxygen atoms in total. The van der Waals surface area contributed by atoms with E-state index in [2.05, 4.69) is 5.32 Å². The summed E-state index contributed by atoms with van der Waals surface area (Å²) in [6, 6.07) is 8.27. The first kappa shape index (κ1) is 18.5. The molecule has 0 bridgehead atoms. The van der Waals surface area contributed by atoms with Crippen molar-refractivity contribution in [2.24, 2.45) is 0 Å². The van der Waals surface area contributed by atoms with Crippen LogP contribution in [0.1, 0.15) is 5.56 Å². The molecule has 0 saturated heterocycles. The van der Waals surface area contributed by atoms with Crippen LogP contribution >= 0.6 is 0 Å². The Morgan fingerprint density at radius 2 is 1.72 bits per heavy atom. The topological polar surface area (TPSA) is 56.8 Å². The standard InChI is InChI=1S/C18H19F2NO4/c1-23-16-5-3-12(9-17(16)24-2)10-18(22)21-7-8-25-15-6-4-13(19)11-14(15)20/h3-6,9,11H,7-8,10H2,1-2H3,(H,21,22). The van der Waals surface area contributed by atoms with Crippen LogP contribution in [0.3, 0.4) is 0 Å². The molecule has 0 unspecified atom stereocenters. The molecule has 0 saturated carbocycles. The molecule has 1 amide bonds. The second-order valence-corrected chi connectivity index (χ2v) is 5.14. The predicted octanol–water partition coefficient (Wildman–Crippen LogP) is 2.72. The van der Waals surface area contributed by atoms with Crippen molar-refractivity contribution in [1.29, 1.82) is 0 Å². The molecular weight excluding hydrogens is 332 g/mol. The number of hydrogen-bond donors (Lipinski definition) is 1. The molecule has 1 N–H and O–H groups in total. The van der Waals surface area contributed by atoms with Gasteiger partial charge in [-0.05, 0) is 29.8 Å². The molecule has 7 heteroatoms. The highest BCUT2D eigenvalue weighted by atomic mass is 19.1. The number of methoxy groups -OCH3 is 2. The van der Waals surface area contributed by atoms with Crippen LogP contribution in [-0.2, 0) is 11.2 Å². The Morgan fingerprint density at radius 3 is 2.40 bits per heavy atom. The van der Waals surface area contributed by atoms with E-state index in [4.69, 9.17) is 14.2 Å². The summed E-state index contributed by atoms with van der Waals surface area (Å²) in [6.07, 6.45) is 0.158. The number of halogens is 2. The highest BCUT2D eigenvalue weighted by Crippen LogP contribution is 2.27. The van der Waals surface area contributed by atoms with Crippen LogP contribution in [0.15, 0.2) is 36.4 Å². The van der Waals surface area contributed by atoms with Crippen LogP contribution in [0.4, 0.5) is 8.78 Å². The van der Waals surface area contributed by atoms with Gasteiger partial charge in [0.25, 0.3) is 0 Å². The number of amides is 1. The Balaban J connectivity index is 1.79. The molecule has 0 heterocycles. The molecule has 2 aromatic carbocycles. The van der Waals surface area contributed by atoms with E-state index in [0.717, 1.165) is 17.7 Å². The van der Waals surface area contributed by atoms with Crippen molar-refractivity contribution >= 4 is 5.91 Å². The molecule has 25 heavy (non-hydrogen) atoms. The molecule has 2 rings (SSSR count). The Morgan fingerprint density at radius 1 is 1.00 bits per heavy atom. The van der Waals surface area contributed by atoms with Crippen LogP contribution in [0, 0.1) is 11.6 Å². The van der Waals surface area contributed by atoms with Gasteiger partial charge in [0.15, 0.2) is 23.1 Å². The zero-order valence-electron chi connectivity index (χ0n) is 14.0. The number of benzene rings is 2. The number of rotatable bonds is 8. The average Bonchev–Trinajstić information content (AvgIpc) is 2.60. The highest BCUT2D eigenvalue weighted by Gasteiger charge is 2.09. The average molecular weight is 351 g/mol. The van der Waals surface area contributed by atoms with Crippen LogP contribution in [0.2, 0.25) is 0 Å². The van der Waals surface area contributed by atoms with Gasteiger partial charge in [-0.2, -0.15) is 0 Å². The van der Waals surface area contributed by atoms with E-state index in [0.29, 0.717) is 11.5 Å². The van der Waals surface area contributed by atoms with E-state index >= 15 is 0 Å². The summed E-state index contributed by atoms with van der Waals surface area (Å²) < 4.78 is 41.7. The first-order valence-electron chi connectivity index (χ1n) is 7.59. The van der Waals surface area contributed by atoms with Gasteiger partial charge in [0.2, 0.25) is 5.91 Å². The first-order valence-corrected chi connectivity index (χ1v) is 7.59. The van der Waals surface area contributed by atoms with Crippen LogP contribution in [0.25, 0.3) is 0 Å². The van der Waals surface area contributed by atoms with E-state index < -0.39 is 11.6 Å². The maximum absolute atomic E-state index is 13.4. The zero-order chi connectivity index (χ0) is 18.2. The van der Waals surface area contributed by atoms with Gasteiger partial charge in [-0.3, -0.25) is 4.79 Å². The smallest absolute Gasteiger partial charge is 0.224 e. The van der Waals surface area contributed by atoms with Crippen LogP contribution < -0.4 is 19.5 Å². The van der Waals surface area contributed by atoms with Gasteiger partial charge in [-0.15, -0.1) is 0 Å². The van der Waals surface area contributed by atoms with Gasteiger partial charge in [0.1, 0.15) is 12.4 Å². The van der Waals surface area contributed by atoms with Crippen molar-refractivity contribution in [3.05, 3.63) is 53.6 Å². The van der Waals surface area contributed by atoms with Crippen LogP contribution in [-0.4, -0.2) is 33.3 Å². The fraction of sp³-hybridized carbons (Fsp3) is 0.278. The molecule has 0 aliphatic rings. The van der Waals surface area contributed by atoms with Crippen molar-refractivity contribution in [1.82, 2.24) is 5.32 Å². The molecule has 0 aromatic heterocycles. The molecule has 2 aromatic rings. The van der Waals surface area contributed by atoms with Crippen molar-refractivity contribution in [3.8, 4) is 17.2 Å². The highest BCUT2D eigenvalue weighted by molar-refractivity contribution is 5.78. The molecular formula is C18H19F2NO4. The van der Waals surface area contributed by atoms with E-state index in [1.54, 1.807) is 18.2 Å². The minimum absolute atomic E-state index is 0.0597. The third kappa shape index (κ3) is 5.34. The summed E-state index contributed by atoms with van der Waals surface area (Å²) >= 11 is 0. The van der Waals surface area contributed by atoms with Gasteiger partial charge in [-0.1, -0.05) is 6.07 Å². The summed E-state index contributed by atoms with van der Waals surface area (Å²) in [4.78, 5) is 11.9. The fourth-order valence-electron chi connectivity index (χ4n) is 2.18. The SMILES string of the molecule is COc1ccc(CC(=O)NCCOc2ccc(F)cc2F)cc1OC. The van der Waals surface area contributed by atoms with Gasteiger partial charge in [-0.25, -0.2) is 8.78 Å². The fourth-order valence-corrected chi connectivity index (χ4v) is 2.18. The molecule has 0 fully saturated rings. The number of hydrogen-bond acceptors (Lipinski definition) is 4. The lowest BCUT2D eigenvalue weighted by atomic mass is 10.1. The minimum atomic E-state index is -0.781.